The molecule has 1 aliphatic rings. The van der Waals surface area contributed by atoms with Crippen molar-refractivity contribution in [3.05, 3.63) is 53.1 Å². The van der Waals surface area contributed by atoms with Crippen LogP contribution in [-0.4, -0.2) is 23.7 Å². The van der Waals surface area contributed by atoms with Crippen molar-refractivity contribution in [1.29, 1.82) is 0 Å². The molecule has 2 aromatic rings. The highest BCUT2D eigenvalue weighted by molar-refractivity contribution is 6.30. The number of carbonyl (C=O) groups excluding carboxylic acids is 1. The number of anilines is 1. The molecule has 23 heavy (non-hydrogen) atoms. The Labute approximate surface area is 139 Å². The number of hydrogen-bond donors (Lipinski definition) is 1. The number of phenolic OH excluding ortho intramolecular Hbond substituents is 1. The molecule has 5 heteroatoms. The summed E-state index contributed by atoms with van der Waals surface area (Å²) in [5.74, 6) is 2.82. The maximum absolute atomic E-state index is 12.7. The zero-order chi connectivity index (χ0) is 16.4. The van der Waals surface area contributed by atoms with Crippen molar-refractivity contribution in [1.82, 2.24) is 0 Å². The number of amides is 1. The van der Waals surface area contributed by atoms with Gasteiger partial charge in [0.15, 0.2) is 6.10 Å². The molecule has 1 amide bonds. The molecule has 4 nitrogen and oxygen atoms in total. The van der Waals surface area contributed by atoms with Gasteiger partial charge < -0.3 is 9.84 Å². The summed E-state index contributed by atoms with van der Waals surface area (Å²) in [6.45, 7) is 0.121. The lowest BCUT2D eigenvalue weighted by atomic mass is 10.0. The number of hydrogen-bond acceptors (Lipinski definition) is 3. The fraction of sp³-hybridized carbons (Fsp3) is 0.167. The standard InChI is InChI=1S/C18H14ClNO3/c1-2-9-20-15-11-14(21)7-8-16(15)23-17(18(20)22)10-12-3-5-13(19)6-4-12/h1,3-8,11,17,21H,9-10H2. The molecule has 0 bridgehead atoms. The lowest BCUT2D eigenvalue weighted by Gasteiger charge is -2.33. The number of fused-ring (bicyclic) bond motifs is 1. The van der Waals surface area contributed by atoms with Gasteiger partial charge in [-0.05, 0) is 29.8 Å². The summed E-state index contributed by atoms with van der Waals surface area (Å²) in [5, 5.41) is 10.3. The van der Waals surface area contributed by atoms with Gasteiger partial charge in [0.2, 0.25) is 0 Å². The first-order valence-corrected chi connectivity index (χ1v) is 7.45. The monoisotopic (exact) mass is 327 g/mol. The largest absolute Gasteiger partial charge is 0.508 e. The molecule has 1 unspecified atom stereocenters. The predicted octanol–water partition coefficient (Wildman–Crippen LogP) is 3.02. The number of carbonyl (C=O) groups is 1. The van der Waals surface area contributed by atoms with Gasteiger partial charge in [0.1, 0.15) is 11.5 Å². The summed E-state index contributed by atoms with van der Waals surface area (Å²) >= 11 is 5.88. The van der Waals surface area contributed by atoms with Crippen LogP contribution in [0.3, 0.4) is 0 Å². The molecule has 1 aliphatic heterocycles. The van der Waals surface area contributed by atoms with E-state index < -0.39 is 6.10 Å². The van der Waals surface area contributed by atoms with Crippen molar-refractivity contribution in [2.45, 2.75) is 12.5 Å². The van der Waals surface area contributed by atoms with Crippen LogP contribution in [0.5, 0.6) is 11.5 Å². The fourth-order valence-corrected chi connectivity index (χ4v) is 2.66. The van der Waals surface area contributed by atoms with Gasteiger partial charge in [0, 0.05) is 17.5 Å². The summed E-state index contributed by atoms with van der Waals surface area (Å²) in [5.41, 5.74) is 1.43. The first-order chi connectivity index (χ1) is 11.1. The SMILES string of the molecule is C#CCN1C(=O)C(Cc2ccc(Cl)cc2)Oc2ccc(O)cc21. The van der Waals surface area contributed by atoms with Gasteiger partial charge in [0.05, 0.1) is 12.2 Å². The summed E-state index contributed by atoms with van der Waals surface area (Å²) in [4.78, 5) is 14.1. The third kappa shape index (κ3) is 3.10. The van der Waals surface area contributed by atoms with Crippen molar-refractivity contribution in [3.63, 3.8) is 0 Å². The molecular weight excluding hydrogens is 314 g/mol. The van der Waals surface area contributed by atoms with Gasteiger partial charge in [-0.15, -0.1) is 6.42 Å². The van der Waals surface area contributed by atoms with Crippen molar-refractivity contribution in [2.24, 2.45) is 0 Å². The van der Waals surface area contributed by atoms with Crippen LogP contribution in [0.25, 0.3) is 0 Å². The van der Waals surface area contributed by atoms with Gasteiger partial charge in [-0.1, -0.05) is 29.7 Å². The molecule has 0 fully saturated rings. The van der Waals surface area contributed by atoms with E-state index >= 15 is 0 Å². The number of aromatic hydroxyl groups is 1. The maximum Gasteiger partial charge on any atom is 0.269 e. The van der Waals surface area contributed by atoms with E-state index in [2.05, 4.69) is 5.92 Å². The Hall–Kier alpha value is -2.64. The summed E-state index contributed by atoms with van der Waals surface area (Å²) < 4.78 is 5.81. The average molecular weight is 328 g/mol. The topological polar surface area (TPSA) is 49.8 Å². The summed E-state index contributed by atoms with van der Waals surface area (Å²) in [7, 11) is 0. The van der Waals surface area contributed by atoms with E-state index in [0.717, 1.165) is 5.56 Å². The Balaban J connectivity index is 1.91. The highest BCUT2D eigenvalue weighted by Gasteiger charge is 2.34. The lowest BCUT2D eigenvalue weighted by molar-refractivity contribution is -0.126. The number of nitrogens with zero attached hydrogens (tertiary/aromatic N) is 1. The molecule has 0 aromatic heterocycles. The van der Waals surface area contributed by atoms with E-state index in [4.69, 9.17) is 22.8 Å². The number of terminal acetylenes is 1. The highest BCUT2D eigenvalue weighted by Crippen LogP contribution is 2.37. The second kappa shape index (κ2) is 6.23. The fourth-order valence-electron chi connectivity index (χ4n) is 2.53. The minimum Gasteiger partial charge on any atom is -0.508 e. The lowest BCUT2D eigenvalue weighted by Crippen LogP contribution is -2.47. The Bertz CT molecular complexity index is 780. The van der Waals surface area contributed by atoms with Crippen LogP contribution >= 0.6 is 11.6 Å². The van der Waals surface area contributed by atoms with Gasteiger partial charge in [-0.25, -0.2) is 0 Å². The van der Waals surface area contributed by atoms with Crippen LogP contribution in [0.1, 0.15) is 5.56 Å². The van der Waals surface area contributed by atoms with Gasteiger partial charge in [0.25, 0.3) is 5.91 Å². The molecular formula is C18H14ClNO3. The minimum absolute atomic E-state index is 0.0540. The summed E-state index contributed by atoms with van der Waals surface area (Å²) in [6.07, 6.45) is 5.12. The molecule has 116 valence electrons. The second-order valence-electron chi connectivity index (χ2n) is 5.22. The van der Waals surface area contributed by atoms with Crippen LogP contribution in [0.4, 0.5) is 5.69 Å². The molecule has 0 aliphatic carbocycles. The molecule has 1 N–H and O–H groups in total. The average Bonchev–Trinajstić information content (AvgIpc) is 2.54. The molecule has 0 spiro atoms. The first kappa shape index (κ1) is 15.3. The number of ether oxygens (including phenoxy) is 1. The van der Waals surface area contributed by atoms with Gasteiger partial charge in [-0.3, -0.25) is 9.69 Å². The van der Waals surface area contributed by atoms with Gasteiger partial charge >= 0.3 is 0 Å². The van der Waals surface area contributed by atoms with E-state index in [1.165, 1.54) is 17.0 Å². The number of phenols is 1. The number of rotatable bonds is 3. The number of halogens is 1. The zero-order valence-corrected chi connectivity index (χ0v) is 13.0. The van der Waals surface area contributed by atoms with Crippen LogP contribution in [0, 0.1) is 12.3 Å². The maximum atomic E-state index is 12.7. The van der Waals surface area contributed by atoms with E-state index in [1.807, 2.05) is 12.1 Å². The number of benzene rings is 2. The Morgan fingerprint density at radius 2 is 2.00 bits per heavy atom. The summed E-state index contributed by atoms with van der Waals surface area (Å²) in [6, 6.07) is 11.9. The minimum atomic E-state index is -0.665. The third-order valence-corrected chi connectivity index (χ3v) is 3.88. The second-order valence-corrected chi connectivity index (χ2v) is 5.65. The van der Waals surface area contributed by atoms with Crippen LogP contribution in [0.15, 0.2) is 42.5 Å². The molecule has 3 rings (SSSR count). The van der Waals surface area contributed by atoms with Gasteiger partial charge in [-0.2, -0.15) is 0 Å². The molecule has 1 atom stereocenters. The Morgan fingerprint density at radius 3 is 2.70 bits per heavy atom. The molecule has 0 saturated carbocycles. The third-order valence-electron chi connectivity index (χ3n) is 3.63. The van der Waals surface area contributed by atoms with Crippen molar-refractivity contribution >= 4 is 23.2 Å². The van der Waals surface area contributed by atoms with Crippen LogP contribution in [0.2, 0.25) is 5.02 Å². The predicted molar refractivity (Wildman–Crippen MR) is 88.9 cm³/mol. The Kier molecular flexibility index (Phi) is 4.14. The van der Waals surface area contributed by atoms with E-state index in [9.17, 15) is 9.90 Å². The molecule has 0 saturated heterocycles. The van der Waals surface area contributed by atoms with Crippen molar-refractivity contribution < 1.29 is 14.6 Å². The van der Waals surface area contributed by atoms with E-state index in [1.54, 1.807) is 18.2 Å². The van der Waals surface area contributed by atoms with Crippen LogP contribution in [-0.2, 0) is 11.2 Å². The Morgan fingerprint density at radius 1 is 1.26 bits per heavy atom. The van der Waals surface area contributed by atoms with E-state index in [-0.39, 0.29) is 18.2 Å². The van der Waals surface area contributed by atoms with Crippen molar-refractivity contribution in [2.75, 3.05) is 11.4 Å². The molecule has 2 aromatic carbocycles. The molecule has 1 heterocycles. The van der Waals surface area contributed by atoms with E-state index in [0.29, 0.717) is 22.9 Å². The quantitative estimate of drug-likeness (QED) is 0.882. The van der Waals surface area contributed by atoms with Crippen LogP contribution < -0.4 is 9.64 Å². The highest BCUT2D eigenvalue weighted by atomic mass is 35.5. The first-order valence-electron chi connectivity index (χ1n) is 7.07. The zero-order valence-electron chi connectivity index (χ0n) is 12.2. The normalized spacial score (nSPS) is 16.4. The van der Waals surface area contributed by atoms with Crippen molar-refractivity contribution in [3.8, 4) is 23.8 Å². The molecule has 0 radical (unpaired) electrons. The smallest absolute Gasteiger partial charge is 0.269 e.